The molecule has 184 valence electrons. The third-order valence-electron chi connectivity index (χ3n) is 6.87. The Kier molecular flexibility index (Phi) is 6.28. The number of esters is 1. The fraction of sp³-hybridized carbons (Fsp3) is 0.286. The van der Waals surface area contributed by atoms with Gasteiger partial charge in [0.25, 0.3) is 0 Å². The summed E-state index contributed by atoms with van der Waals surface area (Å²) >= 11 is 0. The first-order valence-electron chi connectivity index (χ1n) is 11.8. The van der Waals surface area contributed by atoms with Crippen LogP contribution in [0.2, 0.25) is 0 Å². The first kappa shape index (κ1) is 23.7. The van der Waals surface area contributed by atoms with Crippen LogP contribution in [-0.4, -0.2) is 52.4 Å². The van der Waals surface area contributed by atoms with Gasteiger partial charge in [-0.05, 0) is 48.3 Å². The van der Waals surface area contributed by atoms with Gasteiger partial charge >= 0.3 is 5.97 Å². The Morgan fingerprint density at radius 3 is 2.25 bits per heavy atom. The Labute approximate surface area is 209 Å². The van der Waals surface area contributed by atoms with Crippen LogP contribution >= 0.6 is 0 Å². The standard InChI is InChI=1S/C28H28N4O4/c1-16-21(15-33)13-24-26(16)27(29-23(14-25(34)36-4)28-31-30-17(2)32(24)28)20-7-5-18(6-8-20)19-9-11-22(35-3)12-10-19/h5-12,23,33H,13-15H2,1-4H3/t23-/m0/s1. The number of aliphatic imine (C=N–C) groups is 1. The fourth-order valence-corrected chi connectivity index (χ4v) is 4.90. The molecule has 8 heteroatoms. The number of aliphatic hydroxyl groups excluding tert-OH is 1. The lowest BCUT2D eigenvalue weighted by molar-refractivity contribution is -0.141. The molecule has 5 rings (SSSR count). The van der Waals surface area contributed by atoms with Crippen LogP contribution < -0.4 is 4.74 Å². The zero-order chi connectivity index (χ0) is 25.4. The predicted molar refractivity (Wildman–Crippen MR) is 137 cm³/mol. The molecule has 3 aromatic rings. The third kappa shape index (κ3) is 4.03. The average Bonchev–Trinajstić information content (AvgIpc) is 3.41. The van der Waals surface area contributed by atoms with Gasteiger partial charge in [-0.2, -0.15) is 0 Å². The van der Waals surface area contributed by atoms with E-state index in [1.54, 1.807) is 7.11 Å². The SMILES string of the molecule is COC(=O)C[C@@H]1N=C(c2ccc(-c3ccc(OC)cc3)cc2)C2=C(CC(CO)=C2C)n2c(C)nnc21. The Hall–Kier alpha value is -4.04. The molecule has 0 saturated carbocycles. The van der Waals surface area contributed by atoms with Crippen LogP contribution in [0.1, 0.15) is 43.0 Å². The van der Waals surface area contributed by atoms with E-state index in [1.807, 2.05) is 54.8 Å². The monoisotopic (exact) mass is 484 g/mol. The topological polar surface area (TPSA) is 98.8 Å². The van der Waals surface area contributed by atoms with Crippen LogP contribution in [0.4, 0.5) is 0 Å². The molecule has 0 spiro atoms. The molecule has 1 N–H and O–H groups in total. The molecule has 2 aliphatic rings. The second-order valence-electron chi connectivity index (χ2n) is 8.91. The van der Waals surface area contributed by atoms with Crippen LogP contribution in [0.25, 0.3) is 16.8 Å². The Balaban J connectivity index is 1.63. The van der Waals surface area contributed by atoms with Crippen LogP contribution in [0, 0.1) is 6.92 Å². The lowest BCUT2D eigenvalue weighted by Gasteiger charge is -2.14. The summed E-state index contributed by atoms with van der Waals surface area (Å²) in [5, 5.41) is 18.7. The van der Waals surface area contributed by atoms with Gasteiger partial charge in [0.05, 0.1) is 33.0 Å². The number of allylic oxidation sites excluding steroid dienone is 3. The highest BCUT2D eigenvalue weighted by atomic mass is 16.5. The number of methoxy groups -OCH3 is 2. The molecule has 0 saturated heterocycles. The maximum absolute atomic E-state index is 12.3. The van der Waals surface area contributed by atoms with Crippen molar-refractivity contribution in [3.63, 3.8) is 0 Å². The largest absolute Gasteiger partial charge is 0.497 e. The van der Waals surface area contributed by atoms with E-state index >= 15 is 0 Å². The van der Waals surface area contributed by atoms with E-state index in [0.29, 0.717) is 18.1 Å². The smallest absolute Gasteiger partial charge is 0.308 e. The van der Waals surface area contributed by atoms with Gasteiger partial charge in [0.2, 0.25) is 0 Å². The summed E-state index contributed by atoms with van der Waals surface area (Å²) in [6.07, 6.45) is 0.621. The molecule has 0 fully saturated rings. The van der Waals surface area contributed by atoms with Crippen molar-refractivity contribution in [2.45, 2.75) is 32.7 Å². The van der Waals surface area contributed by atoms with E-state index in [0.717, 1.165) is 50.6 Å². The van der Waals surface area contributed by atoms with Crippen LogP contribution in [0.15, 0.2) is 70.2 Å². The van der Waals surface area contributed by atoms with Crippen molar-refractivity contribution in [2.24, 2.45) is 4.99 Å². The number of aryl methyl sites for hydroxylation is 1. The molecule has 1 aliphatic carbocycles. The van der Waals surface area contributed by atoms with Gasteiger partial charge in [-0.25, -0.2) is 0 Å². The number of hydrogen-bond acceptors (Lipinski definition) is 7. The summed E-state index contributed by atoms with van der Waals surface area (Å²) in [5.74, 6) is 1.76. The molecule has 1 aliphatic heterocycles. The number of nitrogens with zero attached hydrogens (tertiary/aromatic N) is 4. The second-order valence-corrected chi connectivity index (χ2v) is 8.91. The van der Waals surface area contributed by atoms with Gasteiger partial charge < -0.3 is 14.6 Å². The number of carbonyl (C=O) groups is 1. The first-order valence-corrected chi connectivity index (χ1v) is 11.8. The quantitative estimate of drug-likeness (QED) is 0.524. The van der Waals surface area contributed by atoms with E-state index < -0.39 is 6.04 Å². The highest BCUT2D eigenvalue weighted by Crippen LogP contribution is 2.42. The number of rotatable bonds is 6. The number of fused-ring (bicyclic) bond motifs is 2. The summed E-state index contributed by atoms with van der Waals surface area (Å²) in [6.45, 7) is 3.86. The van der Waals surface area contributed by atoms with E-state index in [4.69, 9.17) is 14.5 Å². The molecule has 0 unspecified atom stereocenters. The summed E-state index contributed by atoms with van der Waals surface area (Å²) < 4.78 is 12.2. The molecule has 0 bridgehead atoms. The van der Waals surface area contributed by atoms with Crippen LogP contribution in [0.3, 0.4) is 0 Å². The molecule has 1 aromatic heterocycles. The minimum Gasteiger partial charge on any atom is -0.497 e. The Morgan fingerprint density at radius 2 is 1.64 bits per heavy atom. The molecule has 2 aromatic carbocycles. The van der Waals surface area contributed by atoms with Gasteiger partial charge in [-0.3, -0.25) is 14.4 Å². The Morgan fingerprint density at radius 1 is 1.00 bits per heavy atom. The summed E-state index contributed by atoms with van der Waals surface area (Å²) in [7, 11) is 3.02. The lowest BCUT2D eigenvalue weighted by Crippen LogP contribution is -2.13. The molecular formula is C28H28N4O4. The van der Waals surface area contributed by atoms with Gasteiger partial charge in [0.15, 0.2) is 5.82 Å². The number of carbonyl (C=O) groups excluding carboxylic acids is 1. The van der Waals surface area contributed by atoms with Crippen molar-refractivity contribution in [1.82, 2.24) is 14.8 Å². The number of aliphatic hydroxyl groups is 1. The van der Waals surface area contributed by atoms with Crippen molar-refractivity contribution >= 4 is 17.4 Å². The highest BCUT2D eigenvalue weighted by molar-refractivity contribution is 6.19. The van der Waals surface area contributed by atoms with Gasteiger partial charge in [-0.1, -0.05) is 36.4 Å². The second kappa shape index (κ2) is 9.54. The van der Waals surface area contributed by atoms with Crippen molar-refractivity contribution in [2.75, 3.05) is 20.8 Å². The van der Waals surface area contributed by atoms with Crippen LogP contribution in [-0.2, 0) is 9.53 Å². The maximum atomic E-state index is 12.3. The summed E-state index contributed by atoms with van der Waals surface area (Å²) in [6, 6.07) is 15.6. The number of ether oxygens (including phenoxy) is 2. The summed E-state index contributed by atoms with van der Waals surface area (Å²) in [4.78, 5) is 17.4. The van der Waals surface area contributed by atoms with E-state index in [-0.39, 0.29) is 19.0 Å². The minimum absolute atomic E-state index is 0.0371. The molecule has 8 nitrogen and oxygen atoms in total. The Bertz CT molecular complexity index is 1410. The maximum Gasteiger partial charge on any atom is 0.308 e. The molecule has 0 amide bonds. The number of aromatic nitrogens is 3. The molecule has 0 radical (unpaired) electrons. The van der Waals surface area contributed by atoms with Crippen molar-refractivity contribution < 1.29 is 19.4 Å². The first-order chi connectivity index (χ1) is 17.4. The number of hydrogen-bond donors (Lipinski definition) is 1. The predicted octanol–water partition coefficient (Wildman–Crippen LogP) is 4.29. The molecule has 36 heavy (non-hydrogen) atoms. The average molecular weight is 485 g/mol. The van der Waals surface area contributed by atoms with Gasteiger partial charge in [0, 0.05) is 23.3 Å². The highest BCUT2D eigenvalue weighted by Gasteiger charge is 2.35. The zero-order valence-corrected chi connectivity index (χ0v) is 20.8. The van der Waals surface area contributed by atoms with Crippen molar-refractivity contribution in [1.29, 1.82) is 0 Å². The lowest BCUT2D eigenvalue weighted by atomic mass is 9.95. The van der Waals surface area contributed by atoms with Gasteiger partial charge in [0.1, 0.15) is 17.6 Å². The van der Waals surface area contributed by atoms with E-state index in [2.05, 4.69) is 22.3 Å². The zero-order valence-electron chi connectivity index (χ0n) is 20.8. The fourth-order valence-electron chi connectivity index (χ4n) is 4.90. The van der Waals surface area contributed by atoms with E-state index in [1.165, 1.54) is 7.11 Å². The molecule has 1 atom stereocenters. The van der Waals surface area contributed by atoms with Crippen LogP contribution in [0.5, 0.6) is 5.75 Å². The summed E-state index contributed by atoms with van der Waals surface area (Å²) in [5.41, 5.74) is 7.69. The molecule has 2 heterocycles. The minimum atomic E-state index is -0.550. The molecular weight excluding hydrogens is 456 g/mol. The number of benzene rings is 2. The van der Waals surface area contributed by atoms with Gasteiger partial charge in [-0.15, -0.1) is 10.2 Å². The van der Waals surface area contributed by atoms with Crippen molar-refractivity contribution in [3.05, 3.63) is 82.5 Å². The third-order valence-corrected chi connectivity index (χ3v) is 6.87. The van der Waals surface area contributed by atoms with E-state index in [9.17, 15) is 9.90 Å². The normalized spacial score (nSPS) is 16.9. The van der Waals surface area contributed by atoms with Crippen molar-refractivity contribution in [3.8, 4) is 16.9 Å².